The average Bonchev–Trinajstić information content (AvgIpc) is 2.24. The zero-order chi connectivity index (χ0) is 13.0. The van der Waals surface area contributed by atoms with Crippen molar-refractivity contribution in [2.24, 2.45) is 0 Å². The van der Waals surface area contributed by atoms with Crippen molar-refractivity contribution in [1.82, 2.24) is 0 Å². The fourth-order valence-corrected chi connectivity index (χ4v) is 1.39. The Hall–Kier alpha value is -0.290. The molecular formula is C12H23F3O2. The summed E-state index contributed by atoms with van der Waals surface area (Å²) in [6.45, 7) is 1.85. The zero-order valence-corrected chi connectivity index (χ0v) is 10.5. The van der Waals surface area contributed by atoms with E-state index >= 15 is 0 Å². The Labute approximate surface area is 101 Å². The van der Waals surface area contributed by atoms with E-state index in [1.54, 1.807) is 0 Å². The Morgan fingerprint density at radius 1 is 0.765 bits per heavy atom. The first kappa shape index (κ1) is 16.7. The van der Waals surface area contributed by atoms with E-state index in [1.165, 1.54) is 25.7 Å². The van der Waals surface area contributed by atoms with Gasteiger partial charge in [-0.1, -0.05) is 39.0 Å². The topological polar surface area (TPSA) is 18.5 Å². The molecule has 0 saturated carbocycles. The van der Waals surface area contributed by atoms with Crippen LogP contribution in [0, 0.1) is 0 Å². The molecule has 0 fully saturated rings. The van der Waals surface area contributed by atoms with Gasteiger partial charge in [-0.2, -0.15) is 13.2 Å². The molecule has 0 heterocycles. The molecule has 5 heteroatoms. The van der Waals surface area contributed by atoms with E-state index < -0.39 is 12.8 Å². The van der Waals surface area contributed by atoms with Crippen LogP contribution < -0.4 is 0 Å². The molecule has 0 unspecified atom stereocenters. The summed E-state index contributed by atoms with van der Waals surface area (Å²) in [6, 6.07) is 0. The van der Waals surface area contributed by atoms with Crippen LogP contribution in [0.15, 0.2) is 0 Å². The van der Waals surface area contributed by atoms with Gasteiger partial charge >= 0.3 is 6.18 Å². The third-order valence-corrected chi connectivity index (χ3v) is 2.28. The summed E-state index contributed by atoms with van der Waals surface area (Å²) in [4.78, 5) is 0. The number of ether oxygens (including phenoxy) is 2. The van der Waals surface area contributed by atoms with Gasteiger partial charge in [-0.15, -0.1) is 0 Å². The van der Waals surface area contributed by atoms with Crippen molar-refractivity contribution in [3.05, 3.63) is 0 Å². The van der Waals surface area contributed by atoms with Crippen LogP contribution in [0.25, 0.3) is 0 Å². The van der Waals surface area contributed by atoms with E-state index in [2.05, 4.69) is 11.7 Å². The molecule has 0 amide bonds. The highest BCUT2D eigenvalue weighted by Crippen LogP contribution is 2.14. The van der Waals surface area contributed by atoms with Crippen molar-refractivity contribution in [1.29, 1.82) is 0 Å². The monoisotopic (exact) mass is 256 g/mol. The summed E-state index contributed by atoms with van der Waals surface area (Å²) in [5.74, 6) is 0. The minimum atomic E-state index is -4.24. The largest absolute Gasteiger partial charge is 0.411 e. The molecule has 0 aliphatic heterocycles. The molecule has 0 aromatic carbocycles. The molecule has 0 spiro atoms. The smallest absolute Gasteiger partial charge is 0.379 e. The fraction of sp³-hybridized carbons (Fsp3) is 1.00. The fourth-order valence-electron chi connectivity index (χ4n) is 1.39. The third kappa shape index (κ3) is 15.7. The first-order valence-corrected chi connectivity index (χ1v) is 6.28. The lowest BCUT2D eigenvalue weighted by Gasteiger charge is -2.08. The molecule has 0 radical (unpaired) electrons. The van der Waals surface area contributed by atoms with Gasteiger partial charge in [-0.3, -0.25) is 0 Å². The minimum Gasteiger partial charge on any atom is -0.379 e. The van der Waals surface area contributed by atoms with Crippen molar-refractivity contribution in [3.63, 3.8) is 0 Å². The van der Waals surface area contributed by atoms with Crippen molar-refractivity contribution in [3.8, 4) is 0 Å². The SMILES string of the molecule is CCCCCCCCOCCOCC(F)(F)F. The van der Waals surface area contributed by atoms with Crippen LogP contribution in [0.2, 0.25) is 0 Å². The van der Waals surface area contributed by atoms with Crippen molar-refractivity contribution in [2.75, 3.05) is 26.4 Å². The number of halogens is 3. The molecule has 104 valence electrons. The van der Waals surface area contributed by atoms with E-state index in [4.69, 9.17) is 4.74 Å². The Balaban J connectivity index is 2.99. The van der Waals surface area contributed by atoms with Gasteiger partial charge in [-0.05, 0) is 6.42 Å². The van der Waals surface area contributed by atoms with Gasteiger partial charge in [0.25, 0.3) is 0 Å². The van der Waals surface area contributed by atoms with E-state index in [0.717, 1.165) is 12.8 Å². The van der Waals surface area contributed by atoms with Crippen LogP contribution in [-0.2, 0) is 9.47 Å². The first-order valence-electron chi connectivity index (χ1n) is 6.28. The molecule has 17 heavy (non-hydrogen) atoms. The molecule has 0 saturated heterocycles. The number of alkyl halides is 3. The van der Waals surface area contributed by atoms with Gasteiger partial charge in [0.2, 0.25) is 0 Å². The van der Waals surface area contributed by atoms with Gasteiger partial charge in [0.05, 0.1) is 13.2 Å². The van der Waals surface area contributed by atoms with Crippen LogP contribution in [0.1, 0.15) is 45.4 Å². The highest BCUT2D eigenvalue weighted by molar-refractivity contribution is 4.46. The summed E-state index contributed by atoms with van der Waals surface area (Å²) >= 11 is 0. The Bertz CT molecular complexity index is 160. The first-order chi connectivity index (χ1) is 8.06. The molecule has 0 rings (SSSR count). The number of hydrogen-bond acceptors (Lipinski definition) is 2. The van der Waals surface area contributed by atoms with Gasteiger partial charge in [-0.25, -0.2) is 0 Å². The molecule has 2 nitrogen and oxygen atoms in total. The highest BCUT2D eigenvalue weighted by Gasteiger charge is 2.27. The second-order valence-electron chi connectivity index (χ2n) is 4.05. The Morgan fingerprint density at radius 2 is 1.35 bits per heavy atom. The van der Waals surface area contributed by atoms with Crippen LogP contribution in [0.4, 0.5) is 13.2 Å². The summed E-state index contributed by atoms with van der Waals surface area (Å²) in [5.41, 5.74) is 0. The third-order valence-electron chi connectivity index (χ3n) is 2.28. The maximum Gasteiger partial charge on any atom is 0.411 e. The van der Waals surface area contributed by atoms with Gasteiger partial charge < -0.3 is 9.47 Å². The maximum absolute atomic E-state index is 11.7. The lowest BCUT2D eigenvalue weighted by molar-refractivity contribution is -0.176. The predicted molar refractivity (Wildman–Crippen MR) is 61.1 cm³/mol. The highest BCUT2D eigenvalue weighted by atomic mass is 19.4. The zero-order valence-electron chi connectivity index (χ0n) is 10.5. The van der Waals surface area contributed by atoms with Crippen LogP contribution >= 0.6 is 0 Å². The van der Waals surface area contributed by atoms with Crippen molar-refractivity contribution in [2.45, 2.75) is 51.6 Å². The number of unbranched alkanes of at least 4 members (excludes halogenated alkanes) is 5. The maximum atomic E-state index is 11.7. The second kappa shape index (κ2) is 10.8. The van der Waals surface area contributed by atoms with Crippen LogP contribution in [0.3, 0.4) is 0 Å². The molecule has 0 aromatic heterocycles. The van der Waals surface area contributed by atoms with Crippen LogP contribution in [0.5, 0.6) is 0 Å². The molecule has 0 atom stereocenters. The summed E-state index contributed by atoms with van der Waals surface area (Å²) < 4.78 is 44.6. The second-order valence-corrected chi connectivity index (χ2v) is 4.05. The molecule has 0 bridgehead atoms. The molecule has 0 aliphatic carbocycles. The lowest BCUT2D eigenvalue weighted by atomic mass is 10.1. The average molecular weight is 256 g/mol. The van der Waals surface area contributed by atoms with E-state index in [0.29, 0.717) is 6.61 Å². The minimum absolute atomic E-state index is 0.00927. The summed E-state index contributed by atoms with van der Waals surface area (Å²) in [6.07, 6.45) is 2.83. The Kier molecular flexibility index (Phi) is 10.7. The Morgan fingerprint density at radius 3 is 2.00 bits per heavy atom. The normalized spacial score (nSPS) is 12.0. The van der Waals surface area contributed by atoms with Gasteiger partial charge in [0, 0.05) is 6.61 Å². The predicted octanol–water partition coefficient (Wildman–Crippen LogP) is 3.94. The molecular weight excluding hydrogens is 233 g/mol. The van der Waals surface area contributed by atoms with Gasteiger partial charge in [0.15, 0.2) is 0 Å². The van der Waals surface area contributed by atoms with E-state index in [9.17, 15) is 13.2 Å². The lowest BCUT2D eigenvalue weighted by Crippen LogP contribution is -2.19. The quantitative estimate of drug-likeness (QED) is 0.521. The van der Waals surface area contributed by atoms with E-state index in [-0.39, 0.29) is 13.2 Å². The van der Waals surface area contributed by atoms with Crippen molar-refractivity contribution >= 4 is 0 Å². The molecule has 0 N–H and O–H groups in total. The van der Waals surface area contributed by atoms with E-state index in [1.807, 2.05) is 0 Å². The molecule has 0 aromatic rings. The number of rotatable bonds is 11. The van der Waals surface area contributed by atoms with Gasteiger partial charge in [0.1, 0.15) is 6.61 Å². The van der Waals surface area contributed by atoms with Crippen LogP contribution in [-0.4, -0.2) is 32.6 Å². The summed E-state index contributed by atoms with van der Waals surface area (Å²) in [7, 11) is 0. The summed E-state index contributed by atoms with van der Waals surface area (Å²) in [5, 5.41) is 0. The standard InChI is InChI=1S/C12H23F3O2/c1-2-3-4-5-6-7-8-16-9-10-17-11-12(13,14)15/h2-11H2,1H3. The number of hydrogen-bond donors (Lipinski definition) is 0. The molecule has 0 aliphatic rings. The van der Waals surface area contributed by atoms with Crippen molar-refractivity contribution < 1.29 is 22.6 Å².